The summed E-state index contributed by atoms with van der Waals surface area (Å²) in [5, 5.41) is 7.08. The highest BCUT2D eigenvalue weighted by molar-refractivity contribution is 7.89. The Morgan fingerprint density at radius 2 is 2.05 bits per heavy atom. The Morgan fingerprint density at radius 1 is 1.38 bits per heavy atom. The zero-order valence-electron chi connectivity index (χ0n) is 13.5. The predicted molar refractivity (Wildman–Crippen MR) is 83.7 cm³/mol. The van der Waals surface area contributed by atoms with Crippen LogP contribution in [0.3, 0.4) is 0 Å². The fourth-order valence-corrected chi connectivity index (χ4v) is 3.20. The Labute approximate surface area is 127 Å². The third-order valence-corrected chi connectivity index (χ3v) is 4.63. The first-order chi connectivity index (χ1) is 9.76. The molecule has 1 heterocycles. The molecule has 0 aliphatic rings. The topological polar surface area (TPSA) is 79.3 Å². The van der Waals surface area contributed by atoms with Gasteiger partial charge >= 0.3 is 0 Å². The number of rotatable bonds is 9. The summed E-state index contributed by atoms with van der Waals surface area (Å²) < 4.78 is 29.2. The van der Waals surface area contributed by atoms with Gasteiger partial charge in [0.1, 0.15) is 4.90 Å². The van der Waals surface area contributed by atoms with E-state index in [1.165, 1.54) is 6.20 Å². The van der Waals surface area contributed by atoms with Crippen LogP contribution in [0.15, 0.2) is 17.3 Å². The molecule has 0 aliphatic heterocycles. The smallest absolute Gasteiger partial charge is 0.243 e. The summed E-state index contributed by atoms with van der Waals surface area (Å²) >= 11 is 0. The normalized spacial score (nSPS) is 14.0. The van der Waals surface area contributed by atoms with Crippen LogP contribution >= 0.6 is 0 Å². The maximum absolute atomic E-state index is 12.4. The predicted octanol–water partition coefficient (Wildman–Crippen LogP) is -0.0330. The molecule has 0 saturated heterocycles. The van der Waals surface area contributed by atoms with E-state index in [-0.39, 0.29) is 16.9 Å². The molecule has 0 bridgehead atoms. The van der Waals surface area contributed by atoms with Gasteiger partial charge in [-0.05, 0) is 27.1 Å². The van der Waals surface area contributed by atoms with Crippen molar-refractivity contribution in [2.45, 2.75) is 31.3 Å². The minimum absolute atomic E-state index is 0.134. The van der Waals surface area contributed by atoms with Gasteiger partial charge < -0.3 is 10.2 Å². The fraction of sp³-hybridized carbons (Fsp3) is 0.769. The van der Waals surface area contributed by atoms with Crippen LogP contribution < -0.4 is 10.0 Å². The second-order valence-electron chi connectivity index (χ2n) is 5.78. The van der Waals surface area contributed by atoms with Crippen molar-refractivity contribution < 1.29 is 8.42 Å². The van der Waals surface area contributed by atoms with Gasteiger partial charge in [0.05, 0.1) is 12.7 Å². The minimum atomic E-state index is -3.53. The van der Waals surface area contributed by atoms with Crippen LogP contribution in [-0.2, 0) is 16.6 Å². The number of aromatic nitrogens is 2. The maximum atomic E-state index is 12.4. The van der Waals surface area contributed by atoms with Crippen LogP contribution in [0.2, 0.25) is 0 Å². The van der Waals surface area contributed by atoms with E-state index in [9.17, 15) is 8.42 Å². The largest absolute Gasteiger partial charge is 0.318 e. The van der Waals surface area contributed by atoms with Gasteiger partial charge in [-0.3, -0.25) is 4.68 Å². The Bertz CT molecular complexity index is 524. The molecule has 0 aliphatic carbocycles. The number of likely N-dealkylation sites (N-methyl/N-ethyl adjacent to an activating group) is 2. The van der Waals surface area contributed by atoms with Crippen molar-refractivity contribution in [1.82, 2.24) is 24.7 Å². The minimum Gasteiger partial charge on any atom is -0.318 e. The van der Waals surface area contributed by atoms with Crippen molar-refractivity contribution in [3.8, 4) is 0 Å². The van der Waals surface area contributed by atoms with E-state index >= 15 is 0 Å². The average molecular weight is 317 g/mol. The fourth-order valence-electron chi connectivity index (χ4n) is 1.88. The summed E-state index contributed by atoms with van der Waals surface area (Å²) in [6.45, 7) is 6.05. The Balaban J connectivity index is 2.81. The zero-order valence-corrected chi connectivity index (χ0v) is 14.3. The Morgan fingerprint density at radius 3 is 2.57 bits per heavy atom. The molecule has 1 aromatic rings. The summed E-state index contributed by atoms with van der Waals surface area (Å²) in [6, 6.07) is -0.134. The SMILES string of the molecule is CNCCn1cc(S(=O)(=O)NC(CN(C)C)C(C)C)cn1. The first kappa shape index (κ1) is 18.1. The number of nitrogens with zero attached hydrogens (tertiary/aromatic N) is 3. The molecule has 1 atom stereocenters. The Hall–Kier alpha value is -0.960. The quantitative estimate of drug-likeness (QED) is 0.668. The third kappa shape index (κ3) is 5.74. The molecule has 0 spiro atoms. The lowest BCUT2D eigenvalue weighted by molar-refractivity contribution is 0.314. The number of nitrogens with one attached hydrogen (secondary N) is 2. The third-order valence-electron chi connectivity index (χ3n) is 3.18. The summed E-state index contributed by atoms with van der Waals surface area (Å²) in [6.07, 6.45) is 2.96. The first-order valence-electron chi connectivity index (χ1n) is 7.10. The Kier molecular flexibility index (Phi) is 6.79. The highest BCUT2D eigenvalue weighted by Gasteiger charge is 2.24. The van der Waals surface area contributed by atoms with Gasteiger partial charge in [-0.2, -0.15) is 5.10 Å². The molecule has 0 aromatic carbocycles. The summed E-state index contributed by atoms with van der Waals surface area (Å²) in [7, 11) is 2.17. The summed E-state index contributed by atoms with van der Waals surface area (Å²) in [5.41, 5.74) is 0. The van der Waals surface area contributed by atoms with Gasteiger partial charge in [0.25, 0.3) is 0 Å². The molecule has 0 amide bonds. The van der Waals surface area contributed by atoms with E-state index in [2.05, 4.69) is 15.1 Å². The van der Waals surface area contributed by atoms with E-state index in [0.717, 1.165) is 6.54 Å². The van der Waals surface area contributed by atoms with Crippen LogP contribution in [-0.4, -0.2) is 63.4 Å². The molecule has 122 valence electrons. The second-order valence-corrected chi connectivity index (χ2v) is 7.49. The van der Waals surface area contributed by atoms with E-state index in [1.54, 1.807) is 10.9 Å². The summed E-state index contributed by atoms with van der Waals surface area (Å²) in [5.74, 6) is 0.210. The van der Waals surface area contributed by atoms with Crippen molar-refractivity contribution in [3.63, 3.8) is 0 Å². The van der Waals surface area contributed by atoms with Crippen LogP contribution in [0.25, 0.3) is 0 Å². The van der Waals surface area contributed by atoms with Gasteiger partial charge in [0.2, 0.25) is 10.0 Å². The van der Waals surface area contributed by atoms with E-state index in [1.807, 2.05) is 39.9 Å². The lowest BCUT2D eigenvalue weighted by Crippen LogP contribution is -2.44. The molecule has 0 saturated carbocycles. The molecule has 7 nitrogen and oxygen atoms in total. The van der Waals surface area contributed by atoms with Crippen molar-refractivity contribution in [2.75, 3.05) is 34.2 Å². The average Bonchev–Trinajstić information content (AvgIpc) is 2.84. The van der Waals surface area contributed by atoms with Gasteiger partial charge in [-0.1, -0.05) is 13.8 Å². The molecule has 1 unspecified atom stereocenters. The molecule has 1 rings (SSSR count). The van der Waals surface area contributed by atoms with Crippen molar-refractivity contribution >= 4 is 10.0 Å². The molecule has 0 fully saturated rings. The standard InChI is InChI=1S/C13H27N5O2S/c1-11(2)13(10-17(4)5)16-21(19,20)12-8-15-18(9-12)7-6-14-3/h8-9,11,13-14,16H,6-7,10H2,1-5H3. The van der Waals surface area contributed by atoms with Crippen LogP contribution in [0.1, 0.15) is 13.8 Å². The van der Waals surface area contributed by atoms with Gasteiger partial charge in [0.15, 0.2) is 0 Å². The number of sulfonamides is 1. The lowest BCUT2D eigenvalue weighted by Gasteiger charge is -2.25. The molecular formula is C13H27N5O2S. The number of hydrogen-bond acceptors (Lipinski definition) is 5. The van der Waals surface area contributed by atoms with E-state index in [4.69, 9.17) is 0 Å². The van der Waals surface area contributed by atoms with Gasteiger partial charge in [0, 0.05) is 25.3 Å². The first-order valence-corrected chi connectivity index (χ1v) is 8.58. The lowest BCUT2D eigenvalue weighted by atomic mass is 10.1. The van der Waals surface area contributed by atoms with Crippen LogP contribution in [0.4, 0.5) is 0 Å². The zero-order chi connectivity index (χ0) is 16.0. The molecule has 21 heavy (non-hydrogen) atoms. The highest BCUT2D eigenvalue weighted by Crippen LogP contribution is 2.11. The maximum Gasteiger partial charge on any atom is 0.243 e. The summed E-state index contributed by atoms with van der Waals surface area (Å²) in [4.78, 5) is 2.19. The van der Waals surface area contributed by atoms with Crippen molar-refractivity contribution in [1.29, 1.82) is 0 Å². The highest BCUT2D eigenvalue weighted by atomic mass is 32.2. The van der Waals surface area contributed by atoms with Crippen molar-refractivity contribution in [2.24, 2.45) is 5.92 Å². The van der Waals surface area contributed by atoms with Crippen molar-refractivity contribution in [3.05, 3.63) is 12.4 Å². The molecule has 8 heteroatoms. The molecular weight excluding hydrogens is 290 g/mol. The molecule has 2 N–H and O–H groups in total. The number of hydrogen-bond donors (Lipinski definition) is 2. The van der Waals surface area contributed by atoms with Gasteiger partial charge in [-0.15, -0.1) is 0 Å². The van der Waals surface area contributed by atoms with Gasteiger partial charge in [-0.25, -0.2) is 13.1 Å². The molecule has 0 radical (unpaired) electrons. The van der Waals surface area contributed by atoms with E-state index in [0.29, 0.717) is 13.1 Å². The van der Waals surface area contributed by atoms with Crippen LogP contribution in [0.5, 0.6) is 0 Å². The van der Waals surface area contributed by atoms with Crippen LogP contribution in [0, 0.1) is 5.92 Å². The monoisotopic (exact) mass is 317 g/mol. The molecule has 1 aromatic heterocycles. The second kappa shape index (κ2) is 7.88. The van der Waals surface area contributed by atoms with E-state index < -0.39 is 10.0 Å².